The quantitative estimate of drug-likeness (QED) is 0.538. The minimum Gasteiger partial charge on any atom is -0.369 e. The van der Waals surface area contributed by atoms with Crippen LogP contribution in [-0.4, -0.2) is 12.2 Å². The van der Waals surface area contributed by atoms with Crippen molar-refractivity contribution >= 4 is 12.2 Å². The number of hydrogen-bond donors (Lipinski definition) is 1. The first-order valence-electron chi connectivity index (χ1n) is 4.02. The van der Waals surface area contributed by atoms with Crippen LogP contribution in [0.5, 0.6) is 0 Å². The summed E-state index contributed by atoms with van der Waals surface area (Å²) in [6.45, 7) is 0. The summed E-state index contributed by atoms with van der Waals surface area (Å²) in [7, 11) is 0. The Morgan fingerprint density at radius 3 is 2.46 bits per heavy atom. The first-order valence-corrected chi connectivity index (χ1v) is 4.02. The molecule has 0 aliphatic carbocycles. The van der Waals surface area contributed by atoms with Crippen LogP contribution in [0.25, 0.3) is 0 Å². The lowest BCUT2D eigenvalue weighted by Crippen LogP contribution is -2.26. The normalized spacial score (nSPS) is 12.0. The van der Waals surface area contributed by atoms with Gasteiger partial charge in [-0.2, -0.15) is 0 Å². The van der Waals surface area contributed by atoms with Crippen LogP contribution >= 0.6 is 0 Å². The van der Waals surface area contributed by atoms with Crippen LogP contribution < -0.4 is 5.73 Å². The summed E-state index contributed by atoms with van der Waals surface area (Å²) in [6, 6.07) is 9.32. The van der Waals surface area contributed by atoms with Crippen LogP contribution in [0, 0.1) is 5.92 Å². The number of aldehydes is 1. The molecule has 0 spiro atoms. The van der Waals surface area contributed by atoms with Gasteiger partial charge in [0.05, 0.1) is 5.92 Å². The van der Waals surface area contributed by atoms with E-state index in [1.54, 1.807) is 0 Å². The highest BCUT2D eigenvalue weighted by Crippen LogP contribution is 2.05. The Kier molecular flexibility index (Phi) is 3.20. The maximum atomic E-state index is 10.7. The van der Waals surface area contributed by atoms with Crippen LogP contribution in [0.2, 0.25) is 0 Å². The van der Waals surface area contributed by atoms with Crippen LogP contribution in [0.1, 0.15) is 5.56 Å². The predicted molar refractivity (Wildman–Crippen MR) is 48.9 cm³/mol. The Balaban J connectivity index is 2.67. The van der Waals surface area contributed by atoms with Gasteiger partial charge in [-0.05, 0) is 12.0 Å². The first-order chi connectivity index (χ1) is 6.24. The zero-order valence-corrected chi connectivity index (χ0v) is 7.14. The maximum Gasteiger partial charge on any atom is 0.228 e. The van der Waals surface area contributed by atoms with Gasteiger partial charge in [0.25, 0.3) is 0 Å². The molecule has 13 heavy (non-hydrogen) atoms. The zero-order chi connectivity index (χ0) is 9.68. The predicted octanol–water partition coefficient (Wildman–Crippen LogP) is 0.529. The van der Waals surface area contributed by atoms with Gasteiger partial charge < -0.3 is 10.5 Å². The van der Waals surface area contributed by atoms with Gasteiger partial charge in [-0.25, -0.2) is 0 Å². The van der Waals surface area contributed by atoms with E-state index in [9.17, 15) is 9.59 Å². The molecule has 0 heterocycles. The van der Waals surface area contributed by atoms with E-state index >= 15 is 0 Å². The number of amides is 1. The number of hydrogen-bond acceptors (Lipinski definition) is 2. The molecule has 0 fully saturated rings. The van der Waals surface area contributed by atoms with E-state index < -0.39 is 11.8 Å². The minimum atomic E-state index is -0.706. The van der Waals surface area contributed by atoms with Gasteiger partial charge in [0.15, 0.2) is 0 Å². The Bertz CT molecular complexity index is 295. The van der Waals surface area contributed by atoms with E-state index in [1.807, 2.05) is 30.3 Å². The van der Waals surface area contributed by atoms with Crippen LogP contribution in [0.15, 0.2) is 30.3 Å². The minimum absolute atomic E-state index is 0.389. The first kappa shape index (κ1) is 9.45. The van der Waals surface area contributed by atoms with Gasteiger partial charge in [-0.1, -0.05) is 30.3 Å². The van der Waals surface area contributed by atoms with Crippen molar-refractivity contribution in [1.82, 2.24) is 0 Å². The van der Waals surface area contributed by atoms with Crippen molar-refractivity contribution in [2.24, 2.45) is 11.7 Å². The molecule has 0 aromatic heterocycles. The number of benzene rings is 1. The van der Waals surface area contributed by atoms with Gasteiger partial charge in [0.2, 0.25) is 5.91 Å². The van der Waals surface area contributed by atoms with Gasteiger partial charge in [0.1, 0.15) is 6.29 Å². The summed E-state index contributed by atoms with van der Waals surface area (Å²) < 4.78 is 0. The number of nitrogens with two attached hydrogens (primary N) is 1. The third-order valence-electron chi connectivity index (χ3n) is 1.83. The van der Waals surface area contributed by atoms with Crippen molar-refractivity contribution in [1.29, 1.82) is 0 Å². The second-order valence-electron chi connectivity index (χ2n) is 2.83. The van der Waals surface area contributed by atoms with Gasteiger partial charge >= 0.3 is 0 Å². The molecular weight excluding hydrogens is 166 g/mol. The Morgan fingerprint density at radius 1 is 1.38 bits per heavy atom. The van der Waals surface area contributed by atoms with Gasteiger partial charge in [-0.15, -0.1) is 0 Å². The third kappa shape index (κ3) is 2.71. The molecule has 2 N–H and O–H groups in total. The summed E-state index contributed by atoms with van der Waals surface area (Å²) in [5.74, 6) is -1.28. The molecule has 1 amide bonds. The smallest absolute Gasteiger partial charge is 0.228 e. The monoisotopic (exact) mass is 177 g/mol. The molecule has 0 aliphatic heterocycles. The molecule has 0 saturated carbocycles. The average molecular weight is 177 g/mol. The van der Waals surface area contributed by atoms with E-state index in [4.69, 9.17) is 5.73 Å². The van der Waals surface area contributed by atoms with Crippen molar-refractivity contribution in [2.45, 2.75) is 6.42 Å². The molecule has 1 unspecified atom stereocenters. The molecule has 0 aliphatic rings. The van der Waals surface area contributed by atoms with Crippen LogP contribution in [-0.2, 0) is 16.0 Å². The highest BCUT2D eigenvalue weighted by molar-refractivity contribution is 5.90. The van der Waals surface area contributed by atoms with Crippen molar-refractivity contribution in [3.05, 3.63) is 35.9 Å². The number of carbonyl (C=O) groups is 2. The Morgan fingerprint density at radius 2 is 2.00 bits per heavy atom. The molecule has 3 heteroatoms. The Hall–Kier alpha value is -1.64. The van der Waals surface area contributed by atoms with Gasteiger partial charge in [0, 0.05) is 0 Å². The van der Waals surface area contributed by atoms with Gasteiger partial charge in [-0.3, -0.25) is 4.79 Å². The summed E-state index contributed by atoms with van der Waals surface area (Å²) >= 11 is 0. The molecule has 68 valence electrons. The average Bonchev–Trinajstić information content (AvgIpc) is 2.15. The van der Waals surface area contributed by atoms with Crippen molar-refractivity contribution in [3.8, 4) is 0 Å². The van der Waals surface area contributed by atoms with E-state index in [1.165, 1.54) is 0 Å². The van der Waals surface area contributed by atoms with E-state index in [2.05, 4.69) is 0 Å². The lowest BCUT2D eigenvalue weighted by molar-refractivity contribution is -0.126. The largest absolute Gasteiger partial charge is 0.369 e. The number of rotatable bonds is 4. The van der Waals surface area contributed by atoms with E-state index in [0.29, 0.717) is 12.7 Å². The molecule has 3 nitrogen and oxygen atoms in total. The fourth-order valence-corrected chi connectivity index (χ4v) is 1.08. The maximum absolute atomic E-state index is 10.7. The Labute approximate surface area is 76.6 Å². The molecule has 1 aromatic carbocycles. The highest BCUT2D eigenvalue weighted by Gasteiger charge is 2.13. The van der Waals surface area contributed by atoms with Crippen LogP contribution in [0.4, 0.5) is 0 Å². The lowest BCUT2D eigenvalue weighted by atomic mass is 10.0. The summed E-state index contributed by atoms with van der Waals surface area (Å²) in [6.07, 6.45) is 0.981. The summed E-state index contributed by atoms with van der Waals surface area (Å²) in [5, 5.41) is 0. The van der Waals surface area contributed by atoms with Crippen LogP contribution in [0.3, 0.4) is 0 Å². The molecule has 1 atom stereocenters. The molecule has 1 aromatic rings. The van der Waals surface area contributed by atoms with Crippen molar-refractivity contribution < 1.29 is 9.59 Å². The molecular formula is C10H11NO2. The molecule has 0 radical (unpaired) electrons. The second kappa shape index (κ2) is 4.40. The third-order valence-corrected chi connectivity index (χ3v) is 1.83. The number of carbonyl (C=O) groups excluding carboxylic acids is 2. The number of primary amides is 1. The standard InChI is InChI=1S/C10H11NO2/c11-10(13)9(7-12)6-8-4-2-1-3-5-8/h1-5,7,9H,6H2,(H2,11,13). The fraction of sp³-hybridized carbons (Fsp3) is 0.200. The molecule has 1 rings (SSSR count). The highest BCUT2D eigenvalue weighted by atomic mass is 16.2. The summed E-state index contributed by atoms with van der Waals surface area (Å²) in [5.41, 5.74) is 5.97. The fourth-order valence-electron chi connectivity index (χ4n) is 1.08. The summed E-state index contributed by atoms with van der Waals surface area (Å²) in [4.78, 5) is 21.2. The lowest BCUT2D eigenvalue weighted by Gasteiger charge is -2.04. The van der Waals surface area contributed by atoms with Crippen molar-refractivity contribution in [3.63, 3.8) is 0 Å². The topological polar surface area (TPSA) is 60.2 Å². The molecule has 0 saturated heterocycles. The second-order valence-corrected chi connectivity index (χ2v) is 2.83. The van der Waals surface area contributed by atoms with Crippen molar-refractivity contribution in [2.75, 3.05) is 0 Å². The SMILES string of the molecule is NC(=O)C(C=O)Cc1ccccc1. The van der Waals surface area contributed by atoms with E-state index in [0.717, 1.165) is 5.56 Å². The molecule has 0 bridgehead atoms. The van der Waals surface area contributed by atoms with E-state index in [-0.39, 0.29) is 0 Å². The zero-order valence-electron chi connectivity index (χ0n) is 7.14.